The van der Waals surface area contributed by atoms with Crippen LogP contribution >= 0.6 is 0 Å². The fraction of sp³-hybridized carbons (Fsp3) is 0.600. The van der Waals surface area contributed by atoms with Gasteiger partial charge in [-0.05, 0) is 37.8 Å². The van der Waals surface area contributed by atoms with Gasteiger partial charge in [-0.25, -0.2) is 18.0 Å². The fourth-order valence-electron chi connectivity index (χ4n) is 4.91. The molecular formula is C20H28N4O6S. The zero-order chi connectivity index (χ0) is 22.3. The van der Waals surface area contributed by atoms with Crippen molar-refractivity contribution < 1.29 is 23.1 Å². The van der Waals surface area contributed by atoms with Crippen molar-refractivity contribution in [2.75, 3.05) is 39.5 Å². The van der Waals surface area contributed by atoms with Crippen molar-refractivity contribution in [3.05, 3.63) is 28.7 Å². The Morgan fingerprint density at radius 3 is 2.23 bits per heavy atom. The Morgan fingerprint density at radius 2 is 1.65 bits per heavy atom. The predicted octanol–water partition coefficient (Wildman–Crippen LogP) is 1.18. The summed E-state index contributed by atoms with van der Waals surface area (Å²) in [5.41, 5.74) is 0.121. The highest BCUT2D eigenvalue weighted by molar-refractivity contribution is 7.89. The Bertz CT molecular complexity index is 1140. The molecule has 2 aromatic rings. The molecule has 2 fully saturated rings. The van der Waals surface area contributed by atoms with Crippen LogP contribution in [-0.4, -0.2) is 83.5 Å². The highest BCUT2D eigenvalue weighted by Crippen LogP contribution is 2.30. The summed E-state index contributed by atoms with van der Waals surface area (Å²) in [6.45, 7) is 2.89. The number of piperidine rings is 2. The van der Waals surface area contributed by atoms with E-state index in [0.29, 0.717) is 37.5 Å². The molecule has 3 heterocycles. The third-order valence-electron chi connectivity index (χ3n) is 6.43. The second kappa shape index (κ2) is 8.19. The lowest BCUT2D eigenvalue weighted by Gasteiger charge is -2.41. The Morgan fingerprint density at radius 1 is 1.03 bits per heavy atom. The first-order valence-electron chi connectivity index (χ1n) is 10.4. The quantitative estimate of drug-likeness (QED) is 0.744. The molecule has 4 rings (SSSR count). The minimum absolute atomic E-state index is 0.0123. The van der Waals surface area contributed by atoms with Gasteiger partial charge in [0.05, 0.1) is 24.4 Å². The zero-order valence-corrected chi connectivity index (χ0v) is 18.5. The average Bonchev–Trinajstić information content (AvgIpc) is 3.04. The molecule has 170 valence electrons. The van der Waals surface area contributed by atoms with Crippen LogP contribution < -0.4 is 5.69 Å². The molecule has 2 aliphatic rings. The average molecular weight is 453 g/mol. The number of imidazole rings is 1. The number of carbonyl (C=O) groups is 1. The van der Waals surface area contributed by atoms with Crippen LogP contribution in [-0.2, 0) is 14.8 Å². The van der Waals surface area contributed by atoms with E-state index in [4.69, 9.17) is 4.74 Å². The van der Waals surface area contributed by atoms with Crippen molar-refractivity contribution in [1.82, 2.24) is 18.3 Å². The molecule has 1 N–H and O–H groups in total. The van der Waals surface area contributed by atoms with Crippen LogP contribution in [0.1, 0.15) is 31.7 Å². The van der Waals surface area contributed by atoms with Gasteiger partial charge in [0.2, 0.25) is 10.0 Å². The summed E-state index contributed by atoms with van der Waals surface area (Å²) in [5, 5.41) is 9.93. The second-order valence-corrected chi connectivity index (χ2v) is 10.1. The van der Waals surface area contributed by atoms with Crippen molar-refractivity contribution >= 4 is 27.1 Å². The standard InChI is InChI=1S/C20H28N4O6S/c1-30-20(27)22-11-5-14(6-12-22)21-9-7-15(8-10-21)23-18-13-16(25)3-4-17(18)24(19(23)26)31(2,28)29/h3-4,13-15,25H,5-12H2,1-2H3. The van der Waals surface area contributed by atoms with Crippen LogP contribution in [0.4, 0.5) is 4.79 Å². The minimum atomic E-state index is -3.78. The molecule has 31 heavy (non-hydrogen) atoms. The number of likely N-dealkylation sites (tertiary alicyclic amines) is 2. The molecule has 0 aliphatic carbocycles. The first-order valence-corrected chi connectivity index (χ1v) is 12.3. The van der Waals surface area contributed by atoms with Crippen molar-refractivity contribution in [2.45, 2.75) is 37.8 Å². The number of carbonyl (C=O) groups excluding carboxylic acids is 1. The van der Waals surface area contributed by atoms with E-state index in [2.05, 4.69) is 4.90 Å². The number of amides is 1. The van der Waals surface area contributed by atoms with E-state index < -0.39 is 15.7 Å². The maximum Gasteiger partial charge on any atom is 0.409 e. The van der Waals surface area contributed by atoms with Crippen molar-refractivity contribution in [3.63, 3.8) is 0 Å². The molecule has 2 saturated heterocycles. The van der Waals surface area contributed by atoms with Crippen molar-refractivity contribution in [2.24, 2.45) is 0 Å². The lowest BCUT2D eigenvalue weighted by Crippen LogP contribution is -2.49. The Kier molecular flexibility index (Phi) is 5.73. The monoisotopic (exact) mass is 452 g/mol. The largest absolute Gasteiger partial charge is 0.508 e. The number of benzene rings is 1. The lowest BCUT2D eigenvalue weighted by atomic mass is 9.97. The summed E-state index contributed by atoms with van der Waals surface area (Å²) < 4.78 is 31.6. The number of phenols is 1. The third-order valence-corrected chi connectivity index (χ3v) is 7.44. The normalized spacial score (nSPS) is 19.7. The number of aromatic hydroxyl groups is 1. The number of rotatable bonds is 3. The van der Waals surface area contributed by atoms with Crippen LogP contribution in [0.15, 0.2) is 23.0 Å². The number of phenolic OH excluding ortho intramolecular Hbond substituents is 1. The highest BCUT2D eigenvalue weighted by Gasteiger charge is 2.32. The van der Waals surface area contributed by atoms with Crippen molar-refractivity contribution in [1.29, 1.82) is 0 Å². The molecule has 0 spiro atoms. The summed E-state index contributed by atoms with van der Waals surface area (Å²) in [5.74, 6) is -0.0123. The SMILES string of the molecule is COC(=O)N1CCC(N2CCC(n3c(=O)n(S(C)(=O)=O)c4ccc(O)cc43)CC2)CC1. The first-order chi connectivity index (χ1) is 14.7. The van der Waals surface area contributed by atoms with E-state index in [1.54, 1.807) is 4.90 Å². The molecule has 1 aromatic carbocycles. The molecular weight excluding hydrogens is 424 g/mol. The first kappa shape index (κ1) is 21.7. The number of ether oxygens (including phenoxy) is 1. The number of methoxy groups -OCH3 is 1. The summed E-state index contributed by atoms with van der Waals surface area (Å²) in [6, 6.07) is 4.53. The number of nitrogens with zero attached hydrogens (tertiary/aromatic N) is 4. The summed E-state index contributed by atoms with van der Waals surface area (Å²) >= 11 is 0. The van der Waals surface area contributed by atoms with Gasteiger partial charge in [-0.3, -0.25) is 4.57 Å². The molecule has 0 saturated carbocycles. The van der Waals surface area contributed by atoms with Gasteiger partial charge in [-0.15, -0.1) is 0 Å². The molecule has 0 bridgehead atoms. The predicted molar refractivity (Wildman–Crippen MR) is 115 cm³/mol. The number of hydrogen-bond acceptors (Lipinski definition) is 7. The van der Waals surface area contributed by atoms with E-state index in [1.165, 1.54) is 29.9 Å². The molecule has 1 amide bonds. The maximum absolute atomic E-state index is 13.1. The number of fused-ring (bicyclic) bond motifs is 1. The molecule has 1 aromatic heterocycles. The van der Waals surface area contributed by atoms with Crippen LogP contribution in [0, 0.1) is 0 Å². The second-order valence-electron chi connectivity index (χ2n) is 8.31. The Hall–Kier alpha value is -2.53. The zero-order valence-electron chi connectivity index (χ0n) is 17.7. The summed E-state index contributed by atoms with van der Waals surface area (Å²) in [7, 11) is -2.39. The molecule has 0 atom stereocenters. The van der Waals surface area contributed by atoms with E-state index in [-0.39, 0.29) is 23.4 Å². The summed E-state index contributed by atoms with van der Waals surface area (Å²) in [6.07, 6.45) is 3.88. The number of hydrogen-bond donors (Lipinski definition) is 1. The lowest BCUT2D eigenvalue weighted by molar-refractivity contribution is 0.0686. The third kappa shape index (κ3) is 4.03. The van der Waals surface area contributed by atoms with Crippen LogP contribution in [0.3, 0.4) is 0 Å². The van der Waals surface area contributed by atoms with E-state index in [0.717, 1.165) is 36.2 Å². The van der Waals surface area contributed by atoms with Gasteiger partial charge >= 0.3 is 11.8 Å². The van der Waals surface area contributed by atoms with Gasteiger partial charge in [-0.2, -0.15) is 3.97 Å². The van der Waals surface area contributed by atoms with Gasteiger partial charge in [-0.1, -0.05) is 0 Å². The van der Waals surface area contributed by atoms with Gasteiger partial charge in [0.1, 0.15) is 5.75 Å². The summed E-state index contributed by atoms with van der Waals surface area (Å²) in [4.78, 5) is 28.8. The Labute approximate surface area is 180 Å². The molecule has 11 heteroatoms. The van der Waals surface area contributed by atoms with Crippen molar-refractivity contribution in [3.8, 4) is 5.75 Å². The fourth-order valence-corrected chi connectivity index (χ4v) is 5.79. The van der Waals surface area contributed by atoms with E-state index in [1.807, 2.05) is 0 Å². The number of aromatic nitrogens is 2. The highest BCUT2D eigenvalue weighted by atomic mass is 32.2. The van der Waals surface area contributed by atoms with Crippen LogP contribution in [0.5, 0.6) is 5.75 Å². The van der Waals surface area contributed by atoms with Gasteiger partial charge in [0.15, 0.2) is 0 Å². The van der Waals surface area contributed by atoms with Crippen LogP contribution in [0.25, 0.3) is 11.0 Å². The van der Waals surface area contributed by atoms with Gasteiger partial charge in [0.25, 0.3) is 0 Å². The van der Waals surface area contributed by atoms with Gasteiger partial charge < -0.3 is 19.6 Å². The van der Waals surface area contributed by atoms with Crippen LogP contribution in [0.2, 0.25) is 0 Å². The smallest absolute Gasteiger partial charge is 0.409 e. The molecule has 2 aliphatic heterocycles. The van der Waals surface area contributed by atoms with E-state index >= 15 is 0 Å². The topological polar surface area (TPSA) is 114 Å². The minimum Gasteiger partial charge on any atom is -0.508 e. The molecule has 0 radical (unpaired) electrons. The van der Waals surface area contributed by atoms with E-state index in [9.17, 15) is 23.1 Å². The maximum atomic E-state index is 13.1. The Balaban J connectivity index is 1.52. The van der Waals surface area contributed by atoms with Gasteiger partial charge in [0, 0.05) is 44.3 Å². The molecule has 10 nitrogen and oxygen atoms in total. The molecule has 0 unspecified atom stereocenters.